The van der Waals surface area contributed by atoms with Crippen LogP contribution in [0.25, 0.3) is 0 Å². The summed E-state index contributed by atoms with van der Waals surface area (Å²) in [5, 5.41) is 0. The van der Waals surface area contributed by atoms with Gasteiger partial charge in [0, 0.05) is 31.1 Å². The van der Waals surface area contributed by atoms with Crippen LogP contribution in [0.1, 0.15) is 22.3 Å². The molecule has 0 aliphatic carbocycles. The van der Waals surface area contributed by atoms with Gasteiger partial charge in [-0.05, 0) is 37.1 Å². The molecule has 0 N–H and O–H groups in total. The third kappa shape index (κ3) is 3.09. The average Bonchev–Trinajstić information content (AvgIpc) is 3.03. The van der Waals surface area contributed by atoms with Crippen LogP contribution in [0.4, 0.5) is 0 Å². The maximum Gasteiger partial charge on any atom is 0.255 e. The van der Waals surface area contributed by atoms with Gasteiger partial charge in [0.1, 0.15) is 11.4 Å². The van der Waals surface area contributed by atoms with Gasteiger partial charge in [-0.3, -0.25) is 14.8 Å². The lowest BCUT2D eigenvalue weighted by molar-refractivity contribution is -0.122. The fraction of sp³-hybridized carbons (Fsp3) is 0.421. The van der Waals surface area contributed by atoms with Gasteiger partial charge in [0.25, 0.3) is 5.91 Å². The predicted molar refractivity (Wildman–Crippen MR) is 91.4 cm³/mol. The summed E-state index contributed by atoms with van der Waals surface area (Å²) in [7, 11) is 0. The Morgan fingerprint density at radius 1 is 1.36 bits per heavy atom. The summed E-state index contributed by atoms with van der Waals surface area (Å²) in [5.74, 6) is 1.07. The lowest BCUT2D eigenvalue weighted by Crippen LogP contribution is -2.66. The molecule has 0 aromatic carbocycles. The fourth-order valence-electron chi connectivity index (χ4n) is 3.60. The molecule has 2 aromatic heterocycles. The van der Waals surface area contributed by atoms with Gasteiger partial charge in [0.15, 0.2) is 0 Å². The summed E-state index contributed by atoms with van der Waals surface area (Å²) in [4.78, 5) is 22.6. The maximum atomic E-state index is 12.6. The number of hydrogen-bond donors (Lipinski definition) is 0. The van der Waals surface area contributed by atoms with Crippen LogP contribution >= 0.6 is 0 Å². The minimum absolute atomic E-state index is 0.0178. The average molecular weight is 339 g/mol. The van der Waals surface area contributed by atoms with Gasteiger partial charge in [-0.1, -0.05) is 0 Å². The van der Waals surface area contributed by atoms with Gasteiger partial charge in [-0.2, -0.15) is 0 Å². The molecule has 130 valence electrons. The van der Waals surface area contributed by atoms with Crippen molar-refractivity contribution < 1.29 is 14.3 Å². The molecule has 2 saturated heterocycles. The van der Waals surface area contributed by atoms with Crippen molar-refractivity contribution in [3.63, 3.8) is 0 Å². The van der Waals surface area contributed by atoms with Crippen LogP contribution in [-0.4, -0.2) is 52.7 Å². The van der Waals surface area contributed by atoms with Crippen molar-refractivity contribution in [1.29, 1.82) is 0 Å². The van der Waals surface area contributed by atoms with E-state index in [1.54, 1.807) is 24.8 Å². The summed E-state index contributed by atoms with van der Waals surface area (Å²) in [6.07, 6.45) is 7.76. The maximum absolute atomic E-state index is 12.6. The first-order valence-electron chi connectivity index (χ1n) is 8.54. The zero-order chi connectivity index (χ0) is 17.3. The molecule has 2 aromatic rings. The van der Waals surface area contributed by atoms with Gasteiger partial charge in [0.05, 0.1) is 31.5 Å². The lowest BCUT2D eigenvalue weighted by atomic mass is 9.81. The number of hydrogen-bond acceptors (Lipinski definition) is 5. The van der Waals surface area contributed by atoms with Crippen molar-refractivity contribution in [2.75, 3.05) is 26.3 Å². The molecule has 2 fully saturated rings. The Bertz CT molecular complexity index is 760. The number of likely N-dealkylation sites (tertiary alicyclic amines) is 1. The van der Waals surface area contributed by atoms with Crippen LogP contribution in [0.3, 0.4) is 0 Å². The molecule has 2 aliphatic heterocycles. The Morgan fingerprint density at radius 3 is 3.00 bits per heavy atom. The van der Waals surface area contributed by atoms with E-state index in [1.807, 2.05) is 30.0 Å². The van der Waals surface area contributed by atoms with Crippen molar-refractivity contribution in [1.82, 2.24) is 14.9 Å². The molecule has 1 atom stereocenters. The molecule has 1 spiro atoms. The first-order valence-corrected chi connectivity index (χ1v) is 8.54. The Morgan fingerprint density at radius 2 is 2.24 bits per heavy atom. The van der Waals surface area contributed by atoms with E-state index in [0.29, 0.717) is 25.3 Å². The summed E-state index contributed by atoms with van der Waals surface area (Å²) >= 11 is 0. The van der Waals surface area contributed by atoms with Crippen LogP contribution in [-0.2, 0) is 4.74 Å². The number of carbonyl (C=O) groups is 1. The zero-order valence-electron chi connectivity index (χ0n) is 14.2. The van der Waals surface area contributed by atoms with Gasteiger partial charge >= 0.3 is 0 Å². The first-order chi connectivity index (χ1) is 12.2. The van der Waals surface area contributed by atoms with E-state index in [2.05, 4.69) is 9.97 Å². The predicted octanol–water partition coefficient (Wildman–Crippen LogP) is 2.10. The van der Waals surface area contributed by atoms with Crippen molar-refractivity contribution in [2.24, 2.45) is 5.92 Å². The van der Waals surface area contributed by atoms with Crippen LogP contribution < -0.4 is 4.74 Å². The highest BCUT2D eigenvalue weighted by atomic mass is 16.5. The van der Waals surface area contributed by atoms with Crippen LogP contribution in [0.2, 0.25) is 0 Å². The van der Waals surface area contributed by atoms with Crippen LogP contribution in [0, 0.1) is 12.8 Å². The van der Waals surface area contributed by atoms with Crippen molar-refractivity contribution in [2.45, 2.75) is 18.9 Å². The second-order valence-corrected chi connectivity index (χ2v) is 6.81. The van der Waals surface area contributed by atoms with Gasteiger partial charge < -0.3 is 14.4 Å². The quantitative estimate of drug-likeness (QED) is 0.853. The number of ether oxygens (including phenoxy) is 2. The Kier molecular flexibility index (Phi) is 4.13. The van der Waals surface area contributed by atoms with E-state index in [1.165, 1.54) is 0 Å². The van der Waals surface area contributed by atoms with E-state index in [0.717, 1.165) is 24.3 Å². The number of carbonyl (C=O) groups excluding carboxylic acids is 1. The van der Waals surface area contributed by atoms with Gasteiger partial charge in [-0.25, -0.2) is 0 Å². The molecule has 0 radical (unpaired) electrons. The standard InChI is InChI=1S/C19H21N3O3/c1-14-7-15(9-21-8-14)18(23)22-12-19(13-22)16(4-6-25-19)11-24-17-3-2-5-20-10-17/h2-3,5,7-10,16H,4,6,11-13H2,1H3. The molecule has 0 bridgehead atoms. The molecule has 2 aliphatic rings. The summed E-state index contributed by atoms with van der Waals surface area (Å²) in [6, 6.07) is 5.63. The highest BCUT2D eigenvalue weighted by molar-refractivity contribution is 5.94. The minimum Gasteiger partial charge on any atom is -0.492 e. The number of pyridine rings is 2. The third-order valence-corrected chi connectivity index (χ3v) is 5.01. The van der Waals surface area contributed by atoms with E-state index >= 15 is 0 Å². The number of aromatic nitrogens is 2. The Labute approximate surface area is 146 Å². The highest BCUT2D eigenvalue weighted by Crippen LogP contribution is 2.40. The van der Waals surface area contributed by atoms with Gasteiger partial charge in [0.2, 0.25) is 0 Å². The molecular weight excluding hydrogens is 318 g/mol. The Hall–Kier alpha value is -2.47. The normalized spacial score (nSPS) is 21.2. The second-order valence-electron chi connectivity index (χ2n) is 6.81. The summed E-state index contributed by atoms with van der Waals surface area (Å²) in [5.41, 5.74) is 1.35. The van der Waals surface area contributed by atoms with E-state index in [-0.39, 0.29) is 17.4 Å². The van der Waals surface area contributed by atoms with Crippen molar-refractivity contribution in [3.8, 4) is 5.75 Å². The van der Waals surface area contributed by atoms with Gasteiger partial charge in [-0.15, -0.1) is 0 Å². The molecule has 6 nitrogen and oxygen atoms in total. The Balaban J connectivity index is 1.38. The SMILES string of the molecule is Cc1cncc(C(=O)N2CC3(C2)OCCC3COc2cccnc2)c1. The topological polar surface area (TPSA) is 64.6 Å². The molecule has 6 heteroatoms. The molecule has 0 saturated carbocycles. The van der Waals surface area contributed by atoms with Crippen LogP contribution in [0.5, 0.6) is 5.75 Å². The minimum atomic E-state index is -0.269. The molecular formula is C19H21N3O3. The van der Waals surface area contributed by atoms with Crippen LogP contribution in [0.15, 0.2) is 43.0 Å². The second kappa shape index (κ2) is 6.44. The smallest absolute Gasteiger partial charge is 0.255 e. The molecule has 1 amide bonds. The first kappa shape index (κ1) is 16.0. The van der Waals surface area contributed by atoms with E-state index < -0.39 is 0 Å². The monoisotopic (exact) mass is 339 g/mol. The van der Waals surface area contributed by atoms with Crippen molar-refractivity contribution >= 4 is 5.91 Å². The third-order valence-electron chi connectivity index (χ3n) is 5.01. The number of aryl methyl sites for hydroxylation is 1. The fourth-order valence-corrected chi connectivity index (χ4v) is 3.60. The number of rotatable bonds is 4. The zero-order valence-corrected chi connectivity index (χ0v) is 14.2. The number of nitrogens with zero attached hydrogens (tertiary/aromatic N) is 3. The lowest BCUT2D eigenvalue weighted by Gasteiger charge is -2.50. The summed E-state index contributed by atoms with van der Waals surface area (Å²) in [6.45, 7) is 4.46. The molecule has 4 heterocycles. The van der Waals surface area contributed by atoms with Crippen molar-refractivity contribution in [3.05, 3.63) is 54.1 Å². The molecule has 1 unspecified atom stereocenters. The molecule has 4 rings (SSSR count). The highest BCUT2D eigenvalue weighted by Gasteiger charge is 2.54. The molecule has 25 heavy (non-hydrogen) atoms. The number of amides is 1. The largest absolute Gasteiger partial charge is 0.492 e. The van der Waals surface area contributed by atoms with E-state index in [9.17, 15) is 4.79 Å². The summed E-state index contributed by atoms with van der Waals surface area (Å²) < 4.78 is 11.9. The van der Waals surface area contributed by atoms with E-state index in [4.69, 9.17) is 9.47 Å².